The van der Waals surface area contributed by atoms with Crippen LogP contribution < -0.4 is 0 Å². The van der Waals surface area contributed by atoms with Gasteiger partial charge in [-0.1, -0.05) is 19.1 Å². The van der Waals surface area contributed by atoms with Gasteiger partial charge in [0.25, 0.3) is 0 Å². The molecule has 1 saturated heterocycles. The Morgan fingerprint density at radius 2 is 2.07 bits per heavy atom. The van der Waals surface area contributed by atoms with Crippen LogP contribution in [0.1, 0.15) is 25.3 Å². The molecule has 1 fully saturated rings. The molecule has 1 heterocycles. The maximum absolute atomic E-state index is 12.8. The quantitative estimate of drug-likeness (QED) is 0.794. The van der Waals surface area contributed by atoms with Crippen LogP contribution >= 0.6 is 11.8 Å². The SMILES string of the molecule is C[C@H]1CC[C@](O)(c2ccc(F)cc2)CS1. The lowest BCUT2D eigenvalue weighted by atomic mass is 9.90. The van der Waals surface area contributed by atoms with Crippen molar-refractivity contribution >= 4 is 11.8 Å². The molecule has 0 unspecified atom stereocenters. The Labute approximate surface area is 93.7 Å². The number of benzene rings is 1. The second kappa shape index (κ2) is 4.14. The zero-order valence-electron chi connectivity index (χ0n) is 8.74. The summed E-state index contributed by atoms with van der Waals surface area (Å²) in [6, 6.07) is 6.20. The highest BCUT2D eigenvalue weighted by Crippen LogP contribution is 2.38. The number of aliphatic hydroxyl groups is 1. The molecule has 2 atom stereocenters. The highest BCUT2D eigenvalue weighted by molar-refractivity contribution is 7.99. The van der Waals surface area contributed by atoms with Crippen LogP contribution in [0.4, 0.5) is 4.39 Å². The molecule has 0 aromatic heterocycles. The van der Waals surface area contributed by atoms with Crippen molar-refractivity contribution < 1.29 is 9.50 Å². The Bertz CT molecular complexity index is 328. The molecule has 0 bridgehead atoms. The van der Waals surface area contributed by atoms with Gasteiger partial charge in [-0.2, -0.15) is 11.8 Å². The standard InChI is InChI=1S/C12H15FOS/c1-9-6-7-12(14,8-15-9)10-2-4-11(13)5-3-10/h2-5,9,14H,6-8H2,1H3/t9-,12+/m0/s1. The second-order valence-electron chi connectivity index (χ2n) is 4.20. The average Bonchev–Trinajstić information content (AvgIpc) is 2.24. The van der Waals surface area contributed by atoms with E-state index in [-0.39, 0.29) is 5.82 Å². The van der Waals surface area contributed by atoms with E-state index in [0.29, 0.717) is 11.0 Å². The summed E-state index contributed by atoms with van der Waals surface area (Å²) in [5, 5.41) is 11.0. The Morgan fingerprint density at radius 3 is 2.60 bits per heavy atom. The molecule has 0 saturated carbocycles. The van der Waals surface area contributed by atoms with Gasteiger partial charge in [0.15, 0.2) is 0 Å². The van der Waals surface area contributed by atoms with Gasteiger partial charge in [0.2, 0.25) is 0 Å². The minimum Gasteiger partial charge on any atom is -0.384 e. The fourth-order valence-electron chi connectivity index (χ4n) is 1.87. The first kappa shape index (κ1) is 11.0. The van der Waals surface area contributed by atoms with Gasteiger partial charge < -0.3 is 5.11 Å². The van der Waals surface area contributed by atoms with E-state index in [1.165, 1.54) is 12.1 Å². The smallest absolute Gasteiger partial charge is 0.123 e. The van der Waals surface area contributed by atoms with Crippen molar-refractivity contribution in [3.63, 3.8) is 0 Å². The van der Waals surface area contributed by atoms with Crippen molar-refractivity contribution in [2.75, 3.05) is 5.75 Å². The third-order valence-electron chi connectivity index (χ3n) is 2.95. The highest BCUT2D eigenvalue weighted by Gasteiger charge is 2.33. The van der Waals surface area contributed by atoms with Crippen molar-refractivity contribution in [2.45, 2.75) is 30.6 Å². The summed E-state index contributed by atoms with van der Waals surface area (Å²) in [4.78, 5) is 0. The van der Waals surface area contributed by atoms with Gasteiger partial charge in [-0.15, -0.1) is 0 Å². The van der Waals surface area contributed by atoms with Crippen molar-refractivity contribution in [1.29, 1.82) is 0 Å². The van der Waals surface area contributed by atoms with Crippen LogP contribution in [0.5, 0.6) is 0 Å². The van der Waals surface area contributed by atoms with Gasteiger partial charge in [-0.25, -0.2) is 4.39 Å². The lowest BCUT2D eigenvalue weighted by Gasteiger charge is -2.34. The molecule has 1 nitrogen and oxygen atoms in total. The number of hydrogen-bond acceptors (Lipinski definition) is 2. The topological polar surface area (TPSA) is 20.2 Å². The minimum absolute atomic E-state index is 0.251. The zero-order chi connectivity index (χ0) is 10.9. The van der Waals surface area contributed by atoms with Crippen molar-refractivity contribution in [1.82, 2.24) is 0 Å². The molecule has 0 amide bonds. The molecule has 3 heteroatoms. The summed E-state index contributed by atoms with van der Waals surface area (Å²) >= 11 is 1.78. The first-order valence-corrected chi connectivity index (χ1v) is 6.25. The summed E-state index contributed by atoms with van der Waals surface area (Å²) in [7, 11) is 0. The van der Waals surface area contributed by atoms with E-state index in [9.17, 15) is 9.50 Å². The molecule has 82 valence electrons. The van der Waals surface area contributed by atoms with Crippen LogP contribution in [0.15, 0.2) is 24.3 Å². The van der Waals surface area contributed by atoms with E-state index < -0.39 is 5.60 Å². The fourth-order valence-corrected chi connectivity index (χ4v) is 3.02. The molecule has 0 spiro atoms. The lowest BCUT2D eigenvalue weighted by Crippen LogP contribution is -2.33. The summed E-state index contributed by atoms with van der Waals surface area (Å²) < 4.78 is 12.8. The van der Waals surface area contributed by atoms with Gasteiger partial charge in [-0.3, -0.25) is 0 Å². The van der Waals surface area contributed by atoms with E-state index in [1.54, 1.807) is 23.9 Å². The van der Waals surface area contributed by atoms with Crippen LogP contribution in [0.25, 0.3) is 0 Å². The zero-order valence-corrected chi connectivity index (χ0v) is 9.56. The Morgan fingerprint density at radius 1 is 1.40 bits per heavy atom. The number of thioether (sulfide) groups is 1. The minimum atomic E-state index is -0.759. The Hall–Kier alpha value is -0.540. The van der Waals surface area contributed by atoms with Gasteiger partial charge in [0.05, 0.1) is 5.60 Å². The molecule has 1 N–H and O–H groups in total. The maximum atomic E-state index is 12.8. The largest absolute Gasteiger partial charge is 0.384 e. The highest BCUT2D eigenvalue weighted by atomic mass is 32.2. The van der Waals surface area contributed by atoms with Gasteiger partial charge >= 0.3 is 0 Å². The number of rotatable bonds is 1. The molecule has 0 radical (unpaired) electrons. The summed E-state index contributed by atoms with van der Waals surface area (Å²) in [6.45, 7) is 2.18. The maximum Gasteiger partial charge on any atom is 0.123 e. The molecule has 1 aliphatic heterocycles. The average molecular weight is 226 g/mol. The van der Waals surface area contributed by atoms with Crippen LogP contribution in [-0.4, -0.2) is 16.1 Å². The van der Waals surface area contributed by atoms with Gasteiger partial charge in [-0.05, 0) is 30.5 Å². The lowest BCUT2D eigenvalue weighted by molar-refractivity contribution is 0.0471. The first-order chi connectivity index (χ1) is 7.10. The van der Waals surface area contributed by atoms with E-state index in [4.69, 9.17) is 0 Å². The summed E-state index contributed by atoms with van der Waals surface area (Å²) in [5.41, 5.74) is 0.0773. The van der Waals surface area contributed by atoms with Crippen molar-refractivity contribution in [3.05, 3.63) is 35.6 Å². The predicted molar refractivity (Wildman–Crippen MR) is 61.5 cm³/mol. The predicted octanol–water partition coefficient (Wildman–Crippen LogP) is 2.93. The summed E-state index contributed by atoms with van der Waals surface area (Å²) in [5.74, 6) is 0.457. The molecule has 2 rings (SSSR count). The van der Waals surface area contributed by atoms with Crippen molar-refractivity contribution in [3.8, 4) is 0 Å². The molecular weight excluding hydrogens is 211 g/mol. The molecule has 1 aromatic carbocycles. The second-order valence-corrected chi connectivity index (χ2v) is 5.63. The van der Waals surface area contributed by atoms with E-state index in [1.807, 2.05) is 0 Å². The summed E-state index contributed by atoms with van der Waals surface area (Å²) in [6.07, 6.45) is 1.78. The van der Waals surface area contributed by atoms with Crippen LogP contribution in [0.2, 0.25) is 0 Å². The third kappa shape index (κ3) is 2.34. The number of hydrogen-bond donors (Lipinski definition) is 1. The van der Waals surface area contributed by atoms with E-state index >= 15 is 0 Å². The van der Waals surface area contributed by atoms with Crippen LogP contribution in [-0.2, 0) is 5.60 Å². The van der Waals surface area contributed by atoms with Gasteiger partial charge in [0.1, 0.15) is 5.82 Å². The Kier molecular flexibility index (Phi) is 3.03. The molecule has 1 aromatic rings. The van der Waals surface area contributed by atoms with E-state index in [2.05, 4.69) is 6.92 Å². The number of halogens is 1. The molecule has 0 aliphatic carbocycles. The van der Waals surface area contributed by atoms with E-state index in [0.717, 1.165) is 18.4 Å². The van der Waals surface area contributed by atoms with Crippen LogP contribution in [0.3, 0.4) is 0 Å². The first-order valence-electron chi connectivity index (χ1n) is 5.20. The third-order valence-corrected chi connectivity index (χ3v) is 4.40. The van der Waals surface area contributed by atoms with Crippen LogP contribution in [0, 0.1) is 5.82 Å². The molecule has 1 aliphatic rings. The Balaban J connectivity index is 2.18. The molecule has 15 heavy (non-hydrogen) atoms. The fraction of sp³-hybridized carbons (Fsp3) is 0.500. The van der Waals surface area contributed by atoms with Crippen molar-refractivity contribution in [2.24, 2.45) is 0 Å². The normalized spacial score (nSPS) is 31.5. The molecular formula is C12H15FOS. The van der Waals surface area contributed by atoms with Gasteiger partial charge in [0, 0.05) is 11.0 Å². The monoisotopic (exact) mass is 226 g/mol.